The summed E-state index contributed by atoms with van der Waals surface area (Å²) >= 11 is 0. The van der Waals surface area contributed by atoms with Gasteiger partial charge < -0.3 is 15.4 Å². The quantitative estimate of drug-likeness (QED) is 0.815. The highest BCUT2D eigenvalue weighted by atomic mass is 16.6. The molecule has 0 spiro atoms. The van der Waals surface area contributed by atoms with Crippen LogP contribution in [0.2, 0.25) is 0 Å². The molecule has 0 saturated carbocycles. The van der Waals surface area contributed by atoms with Crippen LogP contribution in [0.4, 0.5) is 4.79 Å². The standard InChI is InChI=1S/C11H16N2O2/c1-13(9-5-8-12)11(14)15-10-6-3-2-4-7-10/h2-4,6-7H,5,8-9,12H2,1H3. The Hall–Kier alpha value is -1.55. The minimum absolute atomic E-state index is 0.352. The highest BCUT2D eigenvalue weighted by Gasteiger charge is 2.09. The molecule has 0 aliphatic rings. The number of para-hydroxylation sites is 1. The summed E-state index contributed by atoms with van der Waals surface area (Å²) in [5.41, 5.74) is 5.35. The number of benzene rings is 1. The molecule has 0 aliphatic heterocycles. The molecule has 0 saturated heterocycles. The SMILES string of the molecule is CN(CCCN)C(=O)Oc1ccccc1. The molecule has 1 amide bonds. The fourth-order valence-electron chi connectivity index (χ4n) is 1.09. The number of hydrogen-bond acceptors (Lipinski definition) is 3. The first-order valence-corrected chi connectivity index (χ1v) is 4.92. The smallest absolute Gasteiger partial charge is 0.410 e. The van der Waals surface area contributed by atoms with Crippen LogP contribution in [0.1, 0.15) is 6.42 Å². The van der Waals surface area contributed by atoms with Gasteiger partial charge in [0.1, 0.15) is 5.75 Å². The molecule has 1 aromatic carbocycles. The number of nitrogens with zero attached hydrogens (tertiary/aromatic N) is 1. The van der Waals surface area contributed by atoms with E-state index in [9.17, 15) is 4.79 Å². The van der Waals surface area contributed by atoms with Crippen LogP contribution in [0.5, 0.6) is 5.75 Å². The topological polar surface area (TPSA) is 55.6 Å². The maximum absolute atomic E-state index is 11.5. The normalized spacial score (nSPS) is 9.73. The highest BCUT2D eigenvalue weighted by Crippen LogP contribution is 2.09. The van der Waals surface area contributed by atoms with Crippen molar-refractivity contribution in [3.63, 3.8) is 0 Å². The molecule has 0 unspecified atom stereocenters. The Bertz CT molecular complexity index is 301. The maximum Gasteiger partial charge on any atom is 0.414 e. The van der Waals surface area contributed by atoms with E-state index in [4.69, 9.17) is 10.5 Å². The Morgan fingerprint density at radius 2 is 2.07 bits per heavy atom. The van der Waals surface area contributed by atoms with E-state index in [0.29, 0.717) is 18.8 Å². The molecule has 82 valence electrons. The van der Waals surface area contributed by atoms with Crippen molar-refractivity contribution in [2.45, 2.75) is 6.42 Å². The number of carbonyl (C=O) groups is 1. The van der Waals surface area contributed by atoms with Gasteiger partial charge in [0, 0.05) is 13.6 Å². The van der Waals surface area contributed by atoms with Crippen molar-refractivity contribution in [1.29, 1.82) is 0 Å². The van der Waals surface area contributed by atoms with E-state index in [0.717, 1.165) is 6.42 Å². The van der Waals surface area contributed by atoms with Crippen molar-refractivity contribution in [1.82, 2.24) is 4.90 Å². The monoisotopic (exact) mass is 208 g/mol. The van der Waals surface area contributed by atoms with Crippen molar-refractivity contribution in [2.24, 2.45) is 5.73 Å². The third kappa shape index (κ3) is 3.99. The van der Waals surface area contributed by atoms with Crippen molar-refractivity contribution >= 4 is 6.09 Å². The van der Waals surface area contributed by atoms with Gasteiger partial charge in [-0.15, -0.1) is 0 Å². The molecule has 0 atom stereocenters. The molecule has 0 heterocycles. The van der Waals surface area contributed by atoms with E-state index in [-0.39, 0.29) is 6.09 Å². The van der Waals surface area contributed by atoms with Gasteiger partial charge in [0.15, 0.2) is 0 Å². The van der Waals surface area contributed by atoms with Crippen molar-refractivity contribution in [2.75, 3.05) is 20.1 Å². The Morgan fingerprint density at radius 1 is 1.40 bits per heavy atom. The first-order chi connectivity index (χ1) is 7.24. The number of rotatable bonds is 4. The van der Waals surface area contributed by atoms with Crippen molar-refractivity contribution < 1.29 is 9.53 Å². The van der Waals surface area contributed by atoms with Gasteiger partial charge in [0.25, 0.3) is 0 Å². The lowest BCUT2D eigenvalue weighted by molar-refractivity contribution is 0.163. The van der Waals surface area contributed by atoms with Crippen molar-refractivity contribution in [3.05, 3.63) is 30.3 Å². The molecule has 0 radical (unpaired) electrons. The highest BCUT2D eigenvalue weighted by molar-refractivity contribution is 5.70. The minimum atomic E-state index is -0.352. The number of amides is 1. The van der Waals surface area contributed by atoms with Gasteiger partial charge in [-0.25, -0.2) is 4.79 Å². The summed E-state index contributed by atoms with van der Waals surface area (Å²) in [6.07, 6.45) is 0.426. The maximum atomic E-state index is 11.5. The summed E-state index contributed by atoms with van der Waals surface area (Å²) in [6, 6.07) is 9.00. The Kier molecular flexibility index (Phi) is 4.63. The summed E-state index contributed by atoms with van der Waals surface area (Å²) in [5, 5.41) is 0. The van der Waals surface area contributed by atoms with Gasteiger partial charge in [0.05, 0.1) is 0 Å². The molecule has 2 N–H and O–H groups in total. The molecule has 0 bridgehead atoms. The van der Waals surface area contributed by atoms with Crippen LogP contribution in [0.3, 0.4) is 0 Å². The van der Waals surface area contributed by atoms with Gasteiger partial charge in [-0.1, -0.05) is 18.2 Å². The van der Waals surface area contributed by atoms with E-state index in [1.807, 2.05) is 18.2 Å². The third-order valence-electron chi connectivity index (χ3n) is 1.96. The summed E-state index contributed by atoms with van der Waals surface area (Å²) in [7, 11) is 1.70. The molecule has 4 nitrogen and oxygen atoms in total. The third-order valence-corrected chi connectivity index (χ3v) is 1.96. The Morgan fingerprint density at radius 3 is 2.67 bits per heavy atom. The lowest BCUT2D eigenvalue weighted by Gasteiger charge is -2.15. The molecule has 1 rings (SSSR count). The predicted molar refractivity (Wildman–Crippen MR) is 58.8 cm³/mol. The number of carbonyl (C=O) groups excluding carboxylic acids is 1. The second-order valence-electron chi connectivity index (χ2n) is 3.24. The molecular weight excluding hydrogens is 192 g/mol. The van der Waals surface area contributed by atoms with E-state index in [2.05, 4.69) is 0 Å². The number of nitrogens with two attached hydrogens (primary N) is 1. The zero-order valence-corrected chi connectivity index (χ0v) is 8.85. The van der Waals surface area contributed by atoms with Crippen LogP contribution >= 0.6 is 0 Å². The van der Waals surface area contributed by atoms with Crippen LogP contribution in [0.25, 0.3) is 0 Å². The molecule has 4 heteroatoms. The van der Waals surface area contributed by atoms with E-state index in [1.54, 1.807) is 19.2 Å². The molecule has 0 aliphatic carbocycles. The number of ether oxygens (including phenoxy) is 1. The van der Waals surface area contributed by atoms with Gasteiger partial charge in [-0.3, -0.25) is 0 Å². The van der Waals surface area contributed by atoms with Gasteiger partial charge in [-0.05, 0) is 25.1 Å². The lowest BCUT2D eigenvalue weighted by atomic mass is 10.3. The zero-order chi connectivity index (χ0) is 11.1. The zero-order valence-electron chi connectivity index (χ0n) is 8.85. The summed E-state index contributed by atoms with van der Waals surface area (Å²) in [4.78, 5) is 13.0. The average Bonchev–Trinajstić information content (AvgIpc) is 2.27. The largest absolute Gasteiger partial charge is 0.414 e. The molecule has 1 aromatic rings. The predicted octanol–water partition coefficient (Wildman–Crippen LogP) is 1.47. The van der Waals surface area contributed by atoms with E-state index < -0.39 is 0 Å². The van der Waals surface area contributed by atoms with Crippen molar-refractivity contribution in [3.8, 4) is 5.75 Å². The molecule has 15 heavy (non-hydrogen) atoms. The van der Waals surface area contributed by atoms with E-state index in [1.165, 1.54) is 4.90 Å². The summed E-state index contributed by atoms with van der Waals surface area (Å²) in [6.45, 7) is 1.19. The van der Waals surface area contributed by atoms with Gasteiger partial charge in [-0.2, -0.15) is 0 Å². The Labute approximate surface area is 89.6 Å². The van der Waals surface area contributed by atoms with Gasteiger partial charge in [0.2, 0.25) is 0 Å². The first-order valence-electron chi connectivity index (χ1n) is 4.92. The molecule has 0 aromatic heterocycles. The second kappa shape index (κ2) is 6.03. The van der Waals surface area contributed by atoms with E-state index >= 15 is 0 Å². The number of hydrogen-bond donors (Lipinski definition) is 1. The minimum Gasteiger partial charge on any atom is -0.410 e. The second-order valence-corrected chi connectivity index (χ2v) is 3.24. The van der Waals surface area contributed by atoms with Crippen LogP contribution in [-0.4, -0.2) is 31.1 Å². The van der Waals surface area contributed by atoms with Crippen LogP contribution in [0, 0.1) is 0 Å². The van der Waals surface area contributed by atoms with Crippen LogP contribution < -0.4 is 10.5 Å². The summed E-state index contributed by atoms with van der Waals surface area (Å²) < 4.78 is 5.12. The van der Waals surface area contributed by atoms with Crippen LogP contribution in [0.15, 0.2) is 30.3 Å². The lowest BCUT2D eigenvalue weighted by Crippen LogP contribution is -2.31. The fourth-order valence-corrected chi connectivity index (χ4v) is 1.09. The molecular formula is C11H16N2O2. The summed E-state index contributed by atoms with van der Waals surface area (Å²) in [5.74, 6) is 0.557. The first kappa shape index (κ1) is 11.5. The van der Waals surface area contributed by atoms with Crippen LogP contribution in [-0.2, 0) is 0 Å². The average molecular weight is 208 g/mol. The fraction of sp³-hybridized carbons (Fsp3) is 0.364. The Balaban J connectivity index is 2.42. The van der Waals surface area contributed by atoms with Gasteiger partial charge >= 0.3 is 6.09 Å². The molecule has 0 fully saturated rings.